The second-order valence-corrected chi connectivity index (χ2v) is 5.83. The summed E-state index contributed by atoms with van der Waals surface area (Å²) in [5, 5.41) is 0. The summed E-state index contributed by atoms with van der Waals surface area (Å²) in [5.74, 6) is 0. The molecule has 4 heteroatoms. The van der Waals surface area contributed by atoms with Crippen molar-refractivity contribution in [3.8, 4) is 0 Å². The molecular formula is C14H21BrN2O. The number of methoxy groups -OCH3 is 1. The van der Waals surface area contributed by atoms with Crippen molar-refractivity contribution in [2.75, 3.05) is 25.1 Å². The number of benzene rings is 1. The van der Waals surface area contributed by atoms with Crippen LogP contribution in [0.1, 0.15) is 31.4 Å². The normalized spacial score (nSPS) is 19.0. The first-order valence-corrected chi connectivity index (χ1v) is 7.24. The fraction of sp³-hybridized carbons (Fsp3) is 0.571. The first-order chi connectivity index (χ1) is 8.61. The molecule has 18 heavy (non-hydrogen) atoms. The van der Waals surface area contributed by atoms with Crippen LogP contribution in [0.4, 0.5) is 5.69 Å². The second kappa shape index (κ2) is 6.04. The fourth-order valence-corrected chi connectivity index (χ4v) is 2.86. The Morgan fingerprint density at radius 2 is 2.06 bits per heavy atom. The molecule has 1 heterocycles. The van der Waals surface area contributed by atoms with Crippen LogP contribution in [0.3, 0.4) is 0 Å². The van der Waals surface area contributed by atoms with Gasteiger partial charge in [-0.15, -0.1) is 0 Å². The standard InChI is InChI=1S/C14H21BrN2O/c1-10(16)13-4-3-11(15)9-14(13)17-7-5-12(18-2)6-8-17/h3-4,9-10,12H,5-8,16H2,1-2H3. The van der Waals surface area contributed by atoms with Crippen LogP contribution in [0, 0.1) is 0 Å². The molecule has 0 aromatic heterocycles. The Balaban J connectivity index is 2.20. The highest BCUT2D eigenvalue weighted by Gasteiger charge is 2.21. The number of anilines is 1. The van der Waals surface area contributed by atoms with Gasteiger partial charge < -0.3 is 15.4 Å². The summed E-state index contributed by atoms with van der Waals surface area (Å²) < 4.78 is 6.52. The van der Waals surface area contributed by atoms with E-state index in [0.29, 0.717) is 6.10 Å². The maximum atomic E-state index is 6.06. The van der Waals surface area contributed by atoms with Gasteiger partial charge in [0.1, 0.15) is 0 Å². The van der Waals surface area contributed by atoms with Crippen LogP contribution in [0.5, 0.6) is 0 Å². The highest BCUT2D eigenvalue weighted by molar-refractivity contribution is 9.10. The molecule has 1 aromatic carbocycles. The lowest BCUT2D eigenvalue weighted by atomic mass is 10.0. The van der Waals surface area contributed by atoms with Gasteiger partial charge in [-0.1, -0.05) is 22.0 Å². The van der Waals surface area contributed by atoms with Gasteiger partial charge in [0, 0.05) is 36.4 Å². The minimum atomic E-state index is 0.0632. The third-order valence-corrected chi connectivity index (χ3v) is 4.09. The van der Waals surface area contributed by atoms with E-state index >= 15 is 0 Å². The highest BCUT2D eigenvalue weighted by atomic mass is 79.9. The predicted octanol–water partition coefficient (Wildman–Crippen LogP) is 3.08. The summed E-state index contributed by atoms with van der Waals surface area (Å²) in [6.45, 7) is 4.11. The summed E-state index contributed by atoms with van der Waals surface area (Å²) in [7, 11) is 1.80. The average Bonchev–Trinajstić information content (AvgIpc) is 2.38. The Labute approximate surface area is 117 Å². The lowest BCUT2D eigenvalue weighted by Crippen LogP contribution is -2.37. The largest absolute Gasteiger partial charge is 0.381 e. The molecule has 100 valence electrons. The molecule has 0 spiro atoms. The van der Waals surface area contributed by atoms with E-state index in [9.17, 15) is 0 Å². The molecule has 0 amide bonds. The monoisotopic (exact) mass is 312 g/mol. The molecular weight excluding hydrogens is 292 g/mol. The van der Waals surface area contributed by atoms with Gasteiger partial charge in [-0.25, -0.2) is 0 Å². The smallest absolute Gasteiger partial charge is 0.0605 e. The Hall–Kier alpha value is -0.580. The van der Waals surface area contributed by atoms with Crippen molar-refractivity contribution in [2.24, 2.45) is 5.73 Å². The Kier molecular flexibility index (Phi) is 4.65. The van der Waals surface area contributed by atoms with Crippen LogP contribution in [0.25, 0.3) is 0 Å². The number of ether oxygens (including phenoxy) is 1. The zero-order valence-corrected chi connectivity index (χ0v) is 12.6. The van der Waals surface area contributed by atoms with Crippen LogP contribution < -0.4 is 10.6 Å². The highest BCUT2D eigenvalue weighted by Crippen LogP contribution is 2.31. The van der Waals surface area contributed by atoms with Crippen molar-refractivity contribution in [1.29, 1.82) is 0 Å². The van der Waals surface area contributed by atoms with E-state index in [1.54, 1.807) is 7.11 Å². The molecule has 1 aliphatic heterocycles. The quantitative estimate of drug-likeness (QED) is 0.932. The summed E-state index contributed by atoms with van der Waals surface area (Å²) in [4.78, 5) is 2.42. The van der Waals surface area contributed by atoms with Crippen LogP contribution in [-0.2, 0) is 4.74 Å². The molecule has 0 saturated carbocycles. The fourth-order valence-electron chi connectivity index (χ4n) is 2.51. The number of piperidine rings is 1. The molecule has 1 saturated heterocycles. The van der Waals surface area contributed by atoms with Crippen LogP contribution >= 0.6 is 15.9 Å². The zero-order chi connectivity index (χ0) is 13.1. The molecule has 2 rings (SSSR count). The number of hydrogen-bond acceptors (Lipinski definition) is 3. The van der Waals surface area contributed by atoms with E-state index < -0.39 is 0 Å². The van der Waals surface area contributed by atoms with Crippen molar-refractivity contribution < 1.29 is 4.74 Å². The zero-order valence-electron chi connectivity index (χ0n) is 11.0. The molecule has 0 aliphatic carbocycles. The van der Waals surface area contributed by atoms with Crippen LogP contribution in [0.2, 0.25) is 0 Å². The molecule has 0 radical (unpaired) electrons. The third-order valence-electron chi connectivity index (χ3n) is 3.60. The first kappa shape index (κ1) is 13.8. The first-order valence-electron chi connectivity index (χ1n) is 6.44. The summed E-state index contributed by atoms with van der Waals surface area (Å²) in [5.41, 5.74) is 8.53. The van der Waals surface area contributed by atoms with E-state index in [2.05, 4.69) is 39.0 Å². The second-order valence-electron chi connectivity index (χ2n) is 4.91. The van der Waals surface area contributed by atoms with Gasteiger partial charge in [0.2, 0.25) is 0 Å². The molecule has 3 nitrogen and oxygen atoms in total. The van der Waals surface area contributed by atoms with Crippen molar-refractivity contribution in [2.45, 2.75) is 31.9 Å². The summed E-state index contributed by atoms with van der Waals surface area (Å²) >= 11 is 3.55. The predicted molar refractivity (Wildman–Crippen MR) is 79.0 cm³/mol. The van der Waals surface area contributed by atoms with E-state index in [1.807, 2.05) is 6.92 Å². The third kappa shape index (κ3) is 3.05. The van der Waals surface area contributed by atoms with E-state index in [0.717, 1.165) is 30.4 Å². The van der Waals surface area contributed by atoms with Crippen LogP contribution in [-0.4, -0.2) is 26.3 Å². The van der Waals surface area contributed by atoms with Crippen molar-refractivity contribution >= 4 is 21.6 Å². The van der Waals surface area contributed by atoms with Gasteiger partial charge in [-0.3, -0.25) is 0 Å². The summed E-state index contributed by atoms with van der Waals surface area (Å²) in [6, 6.07) is 6.41. The minimum Gasteiger partial charge on any atom is -0.381 e. The number of nitrogens with two attached hydrogens (primary N) is 1. The van der Waals surface area contributed by atoms with E-state index in [4.69, 9.17) is 10.5 Å². The van der Waals surface area contributed by atoms with Gasteiger partial charge in [0.05, 0.1) is 6.10 Å². The maximum Gasteiger partial charge on any atom is 0.0605 e. The topological polar surface area (TPSA) is 38.5 Å². The molecule has 1 aliphatic rings. The Morgan fingerprint density at radius 1 is 1.39 bits per heavy atom. The van der Waals surface area contributed by atoms with Gasteiger partial charge in [-0.05, 0) is 37.5 Å². The van der Waals surface area contributed by atoms with E-state index in [-0.39, 0.29) is 6.04 Å². The van der Waals surface area contributed by atoms with E-state index in [1.165, 1.54) is 11.3 Å². The maximum absolute atomic E-state index is 6.06. The summed E-state index contributed by atoms with van der Waals surface area (Å²) in [6.07, 6.45) is 2.58. The molecule has 1 unspecified atom stereocenters. The Morgan fingerprint density at radius 3 is 2.61 bits per heavy atom. The SMILES string of the molecule is COC1CCN(c2cc(Br)ccc2C(C)N)CC1. The molecule has 1 fully saturated rings. The van der Waals surface area contributed by atoms with Gasteiger partial charge in [0.25, 0.3) is 0 Å². The number of hydrogen-bond donors (Lipinski definition) is 1. The number of halogens is 1. The lowest BCUT2D eigenvalue weighted by molar-refractivity contribution is 0.0819. The average molecular weight is 313 g/mol. The van der Waals surface area contributed by atoms with Crippen molar-refractivity contribution in [3.63, 3.8) is 0 Å². The molecule has 2 N–H and O–H groups in total. The van der Waals surface area contributed by atoms with Gasteiger partial charge in [-0.2, -0.15) is 0 Å². The van der Waals surface area contributed by atoms with Gasteiger partial charge >= 0.3 is 0 Å². The Bertz CT molecular complexity index is 401. The van der Waals surface area contributed by atoms with Crippen LogP contribution in [0.15, 0.2) is 22.7 Å². The molecule has 1 aromatic rings. The number of nitrogens with zero attached hydrogens (tertiary/aromatic N) is 1. The lowest BCUT2D eigenvalue weighted by Gasteiger charge is -2.34. The van der Waals surface area contributed by atoms with Gasteiger partial charge in [0.15, 0.2) is 0 Å². The van der Waals surface area contributed by atoms with Crippen molar-refractivity contribution in [1.82, 2.24) is 0 Å². The molecule has 0 bridgehead atoms. The molecule has 1 atom stereocenters. The van der Waals surface area contributed by atoms with Crippen molar-refractivity contribution in [3.05, 3.63) is 28.2 Å². The number of rotatable bonds is 3. The minimum absolute atomic E-state index is 0.0632.